The minimum Gasteiger partial charge on any atom is -0.346 e. The van der Waals surface area contributed by atoms with Crippen molar-refractivity contribution in [2.45, 2.75) is 51.7 Å². The molecule has 2 atom stereocenters. The number of thiophene rings is 1. The van der Waals surface area contributed by atoms with Crippen molar-refractivity contribution in [2.75, 3.05) is 6.54 Å². The fourth-order valence-corrected chi connectivity index (χ4v) is 5.64. The van der Waals surface area contributed by atoms with Gasteiger partial charge in [-0.3, -0.25) is 4.79 Å². The van der Waals surface area contributed by atoms with E-state index in [4.69, 9.17) is 4.98 Å². The first-order chi connectivity index (χ1) is 15.6. The van der Waals surface area contributed by atoms with Crippen LogP contribution in [0.4, 0.5) is 0 Å². The highest BCUT2D eigenvalue weighted by atomic mass is 32.1. The third-order valence-electron chi connectivity index (χ3n) is 6.39. The highest BCUT2D eigenvalue weighted by Crippen LogP contribution is 2.36. The third-order valence-corrected chi connectivity index (χ3v) is 7.09. The van der Waals surface area contributed by atoms with Crippen LogP contribution >= 0.6 is 11.3 Å². The Balaban J connectivity index is 1.45. The van der Waals surface area contributed by atoms with Gasteiger partial charge in [-0.25, -0.2) is 4.98 Å². The molecule has 0 bridgehead atoms. The maximum absolute atomic E-state index is 13.7. The zero-order valence-electron chi connectivity index (χ0n) is 18.7. The van der Waals surface area contributed by atoms with E-state index in [0.29, 0.717) is 12.3 Å². The molecule has 1 fully saturated rings. The van der Waals surface area contributed by atoms with Crippen LogP contribution in [-0.4, -0.2) is 31.5 Å². The van der Waals surface area contributed by atoms with Gasteiger partial charge >= 0.3 is 0 Å². The smallest absolute Gasteiger partial charge is 0.225 e. The lowest BCUT2D eigenvalue weighted by atomic mass is 10.1. The van der Waals surface area contributed by atoms with Crippen LogP contribution in [0.3, 0.4) is 0 Å². The molecule has 6 heteroatoms. The fourth-order valence-electron chi connectivity index (χ4n) is 4.94. The van der Waals surface area contributed by atoms with Gasteiger partial charge < -0.3 is 14.0 Å². The second-order valence-corrected chi connectivity index (χ2v) is 9.90. The number of carbonyl (C=O) groups is 1. The third kappa shape index (κ3) is 3.99. The summed E-state index contributed by atoms with van der Waals surface area (Å²) < 4.78 is 4.50. The minimum atomic E-state index is 0.0273. The van der Waals surface area contributed by atoms with E-state index in [9.17, 15) is 4.79 Å². The second-order valence-electron chi connectivity index (χ2n) is 9.12. The quantitative estimate of drug-likeness (QED) is 0.355. The number of hydrogen-bond donors (Lipinski definition) is 0. The van der Waals surface area contributed by atoms with E-state index in [-0.39, 0.29) is 18.0 Å². The van der Waals surface area contributed by atoms with Gasteiger partial charge in [-0.2, -0.15) is 11.3 Å². The van der Waals surface area contributed by atoms with Crippen LogP contribution in [0.2, 0.25) is 0 Å². The van der Waals surface area contributed by atoms with Crippen LogP contribution in [-0.2, 0) is 11.3 Å². The standard InChI is InChI=1S/C26H30N4OS/c1-19(2)17-30-22-9-4-3-8-21(22)27-26(30)23-10-7-14-29(23)25(31)16-24(20-11-15-32-18-20)28-12-5-6-13-28/h3-6,8-9,11-13,15,18-19,23-24H,7,10,14,16-17H2,1-2H3/t23-,24-/m0/s1. The molecule has 4 heterocycles. The van der Waals surface area contributed by atoms with Crippen molar-refractivity contribution in [3.05, 3.63) is 77.0 Å². The average molecular weight is 447 g/mol. The van der Waals surface area contributed by atoms with E-state index in [2.05, 4.69) is 75.3 Å². The van der Waals surface area contributed by atoms with Crippen LogP contribution in [0, 0.1) is 5.92 Å². The minimum absolute atomic E-state index is 0.0273. The molecule has 0 radical (unpaired) electrons. The number of likely N-dealkylation sites (tertiary alicyclic amines) is 1. The molecule has 1 aliphatic rings. The lowest BCUT2D eigenvalue weighted by molar-refractivity contribution is -0.132. The van der Waals surface area contributed by atoms with E-state index >= 15 is 0 Å². The number of hydrogen-bond acceptors (Lipinski definition) is 3. The molecule has 1 saturated heterocycles. The summed E-state index contributed by atoms with van der Waals surface area (Å²) in [6.07, 6.45) is 6.57. The predicted molar refractivity (Wildman–Crippen MR) is 130 cm³/mol. The molecule has 3 aromatic heterocycles. The summed E-state index contributed by atoms with van der Waals surface area (Å²) in [4.78, 5) is 20.8. The summed E-state index contributed by atoms with van der Waals surface area (Å²) in [5.41, 5.74) is 3.38. The second kappa shape index (κ2) is 8.94. The van der Waals surface area contributed by atoms with E-state index in [0.717, 1.165) is 37.3 Å². The number of nitrogens with zero attached hydrogens (tertiary/aromatic N) is 4. The van der Waals surface area contributed by atoms with Crippen molar-refractivity contribution < 1.29 is 4.79 Å². The lowest BCUT2D eigenvalue weighted by Gasteiger charge is -2.28. The maximum atomic E-state index is 13.7. The monoisotopic (exact) mass is 446 g/mol. The van der Waals surface area contributed by atoms with E-state index in [1.807, 2.05) is 18.2 Å². The Morgan fingerprint density at radius 1 is 1.16 bits per heavy atom. The number of carbonyl (C=O) groups excluding carboxylic acids is 1. The Labute approximate surface area is 193 Å². The molecule has 0 N–H and O–H groups in total. The van der Waals surface area contributed by atoms with Gasteiger partial charge in [-0.1, -0.05) is 26.0 Å². The SMILES string of the molecule is CC(C)Cn1c([C@@H]2CCCN2C(=O)C[C@@H](c2ccsc2)n2cccc2)nc2ccccc21. The Hall–Kier alpha value is -2.86. The molecule has 1 aliphatic heterocycles. The molecule has 0 aliphatic carbocycles. The number of aromatic nitrogens is 3. The number of rotatable bonds is 7. The number of para-hydroxylation sites is 2. The van der Waals surface area contributed by atoms with Crippen molar-refractivity contribution >= 4 is 28.3 Å². The van der Waals surface area contributed by atoms with Crippen LogP contribution in [0.1, 0.15) is 56.6 Å². The topological polar surface area (TPSA) is 43.1 Å². The van der Waals surface area contributed by atoms with Crippen molar-refractivity contribution in [2.24, 2.45) is 5.92 Å². The molecular weight excluding hydrogens is 416 g/mol. The molecule has 0 spiro atoms. The van der Waals surface area contributed by atoms with Crippen molar-refractivity contribution in [3.8, 4) is 0 Å². The summed E-state index contributed by atoms with van der Waals surface area (Å²) in [6, 6.07) is 14.6. The molecule has 5 rings (SSSR count). The average Bonchev–Trinajstić information content (AvgIpc) is 3.59. The number of imidazole rings is 1. The van der Waals surface area contributed by atoms with E-state index < -0.39 is 0 Å². The maximum Gasteiger partial charge on any atom is 0.225 e. The molecular formula is C26H30N4OS. The van der Waals surface area contributed by atoms with Crippen molar-refractivity contribution in [1.82, 2.24) is 19.0 Å². The first-order valence-corrected chi connectivity index (χ1v) is 12.5. The summed E-state index contributed by atoms with van der Waals surface area (Å²) in [6.45, 7) is 6.18. The zero-order valence-corrected chi connectivity index (χ0v) is 19.5. The number of fused-ring (bicyclic) bond motifs is 1. The summed E-state index contributed by atoms with van der Waals surface area (Å²) in [5, 5.41) is 4.24. The zero-order chi connectivity index (χ0) is 22.1. The highest BCUT2D eigenvalue weighted by molar-refractivity contribution is 7.08. The van der Waals surface area contributed by atoms with Crippen molar-refractivity contribution in [1.29, 1.82) is 0 Å². The largest absolute Gasteiger partial charge is 0.346 e. The Kier molecular flexibility index (Phi) is 5.87. The van der Waals surface area contributed by atoms with Gasteiger partial charge in [0.05, 0.1) is 29.5 Å². The lowest BCUT2D eigenvalue weighted by Crippen LogP contribution is -2.34. The molecule has 166 valence electrons. The van der Waals surface area contributed by atoms with Crippen LogP contribution in [0.25, 0.3) is 11.0 Å². The summed E-state index contributed by atoms with van der Waals surface area (Å²) >= 11 is 1.68. The molecule has 0 unspecified atom stereocenters. The van der Waals surface area contributed by atoms with Gasteiger partial charge in [0.25, 0.3) is 0 Å². The Morgan fingerprint density at radius 3 is 2.72 bits per heavy atom. The van der Waals surface area contributed by atoms with E-state index in [1.54, 1.807) is 11.3 Å². The van der Waals surface area contributed by atoms with Crippen molar-refractivity contribution in [3.63, 3.8) is 0 Å². The van der Waals surface area contributed by atoms with Crippen LogP contribution in [0.15, 0.2) is 65.6 Å². The van der Waals surface area contributed by atoms with Gasteiger partial charge in [-0.15, -0.1) is 0 Å². The predicted octanol–water partition coefficient (Wildman–Crippen LogP) is 5.90. The van der Waals surface area contributed by atoms with Gasteiger partial charge in [0.2, 0.25) is 5.91 Å². The first-order valence-electron chi connectivity index (χ1n) is 11.5. The molecule has 32 heavy (non-hydrogen) atoms. The summed E-state index contributed by atoms with van der Waals surface area (Å²) in [7, 11) is 0. The highest BCUT2D eigenvalue weighted by Gasteiger charge is 2.35. The van der Waals surface area contributed by atoms with Gasteiger partial charge in [0.1, 0.15) is 5.82 Å². The van der Waals surface area contributed by atoms with Crippen LogP contribution < -0.4 is 0 Å². The first kappa shape index (κ1) is 21.0. The van der Waals surface area contributed by atoms with E-state index in [1.165, 1.54) is 11.1 Å². The Morgan fingerprint density at radius 2 is 1.97 bits per heavy atom. The van der Waals surface area contributed by atoms with Gasteiger partial charge in [-0.05, 0) is 65.4 Å². The molecule has 1 amide bonds. The fraction of sp³-hybridized carbons (Fsp3) is 0.385. The van der Waals surface area contributed by atoms with Gasteiger partial charge in [0.15, 0.2) is 0 Å². The molecule has 0 saturated carbocycles. The molecule has 1 aromatic carbocycles. The molecule has 5 nitrogen and oxygen atoms in total. The normalized spacial score (nSPS) is 17.5. The van der Waals surface area contributed by atoms with Crippen LogP contribution in [0.5, 0.6) is 0 Å². The summed E-state index contributed by atoms with van der Waals surface area (Å²) in [5.74, 6) is 1.76. The van der Waals surface area contributed by atoms with Gasteiger partial charge in [0, 0.05) is 25.5 Å². The Bertz CT molecular complexity index is 1140. The molecule has 4 aromatic rings. The number of benzene rings is 1. The number of amides is 1.